The fourth-order valence-corrected chi connectivity index (χ4v) is 3.21. The van der Waals surface area contributed by atoms with Crippen molar-refractivity contribution in [1.29, 1.82) is 0 Å². The fraction of sp³-hybridized carbons (Fsp3) is 0.312. The molecule has 3 aromatic heterocycles. The molecule has 0 bridgehead atoms. The van der Waals surface area contributed by atoms with Gasteiger partial charge in [0, 0.05) is 10.9 Å². The van der Waals surface area contributed by atoms with E-state index < -0.39 is 0 Å². The zero-order valence-corrected chi connectivity index (χ0v) is 13.6. The number of thiophene rings is 1. The Morgan fingerprint density at radius 3 is 2.86 bits per heavy atom. The van der Waals surface area contributed by atoms with Crippen LogP contribution in [0.4, 0.5) is 5.69 Å². The van der Waals surface area contributed by atoms with Crippen LogP contribution in [0.2, 0.25) is 0 Å². The van der Waals surface area contributed by atoms with Crippen molar-refractivity contribution in [1.82, 2.24) is 4.98 Å². The zero-order chi connectivity index (χ0) is 15.9. The van der Waals surface area contributed by atoms with Gasteiger partial charge in [-0.1, -0.05) is 13.8 Å². The predicted octanol–water partition coefficient (Wildman–Crippen LogP) is 3.32. The van der Waals surface area contributed by atoms with Gasteiger partial charge < -0.3 is 20.5 Å². The summed E-state index contributed by atoms with van der Waals surface area (Å²) in [6.45, 7) is 5.15. The van der Waals surface area contributed by atoms with Gasteiger partial charge in [0.15, 0.2) is 0 Å². The topological polar surface area (TPSA) is 84.0 Å². The summed E-state index contributed by atoms with van der Waals surface area (Å²) in [6.07, 6.45) is 2.45. The second kappa shape index (κ2) is 7.82. The molecule has 0 spiro atoms. The Bertz CT molecular complexity index is 759. The summed E-state index contributed by atoms with van der Waals surface area (Å²) in [5, 5.41) is 3.25. The van der Waals surface area contributed by atoms with Crippen LogP contribution in [0.15, 0.2) is 39.7 Å². The molecule has 0 saturated carbocycles. The van der Waals surface area contributed by atoms with E-state index >= 15 is 0 Å². The van der Waals surface area contributed by atoms with Crippen LogP contribution in [0, 0.1) is 0 Å². The summed E-state index contributed by atoms with van der Waals surface area (Å²) in [7, 11) is 0. The summed E-state index contributed by atoms with van der Waals surface area (Å²) in [5.74, 6) is 0.831. The van der Waals surface area contributed by atoms with E-state index in [1.54, 1.807) is 23.7 Å². The van der Waals surface area contributed by atoms with Crippen molar-refractivity contribution in [3.63, 3.8) is 0 Å². The molecule has 22 heavy (non-hydrogen) atoms. The number of pyridine rings is 1. The lowest BCUT2D eigenvalue weighted by atomic mass is 10.3. The van der Waals surface area contributed by atoms with Gasteiger partial charge in [0.1, 0.15) is 5.76 Å². The van der Waals surface area contributed by atoms with Crippen LogP contribution in [-0.4, -0.2) is 11.5 Å². The Balaban J connectivity index is 0.000000847. The first kappa shape index (κ1) is 16.3. The molecule has 0 amide bonds. The Hall–Kier alpha value is -2.05. The molecule has 3 aromatic rings. The van der Waals surface area contributed by atoms with Crippen LogP contribution >= 0.6 is 11.3 Å². The molecule has 5 nitrogen and oxygen atoms in total. The van der Waals surface area contributed by atoms with Gasteiger partial charge >= 0.3 is 0 Å². The van der Waals surface area contributed by atoms with E-state index in [0.717, 1.165) is 28.1 Å². The van der Waals surface area contributed by atoms with E-state index in [1.807, 2.05) is 32.0 Å². The van der Waals surface area contributed by atoms with Crippen molar-refractivity contribution in [2.45, 2.75) is 26.8 Å². The van der Waals surface area contributed by atoms with Crippen molar-refractivity contribution >= 4 is 27.2 Å². The van der Waals surface area contributed by atoms with Gasteiger partial charge in [0.25, 0.3) is 5.56 Å². The van der Waals surface area contributed by atoms with Gasteiger partial charge in [0.05, 0.1) is 28.7 Å². The zero-order valence-electron chi connectivity index (χ0n) is 12.8. The fourth-order valence-electron chi connectivity index (χ4n) is 2.09. The second-order valence-corrected chi connectivity index (χ2v) is 5.61. The molecular weight excluding hydrogens is 298 g/mol. The number of aromatic nitrogens is 1. The number of furan rings is 1. The van der Waals surface area contributed by atoms with Crippen molar-refractivity contribution < 1.29 is 4.42 Å². The lowest BCUT2D eigenvalue weighted by Crippen LogP contribution is -2.07. The maximum Gasteiger partial charge on any atom is 0.250 e. The highest BCUT2D eigenvalue weighted by Crippen LogP contribution is 2.30. The SMILES string of the molecule is CC.NCCc1cc2[nH]c(=O)cc(NCc3ccco3)c2s1. The molecule has 0 unspecified atom stereocenters. The van der Waals surface area contributed by atoms with Gasteiger partial charge in [0.2, 0.25) is 0 Å². The van der Waals surface area contributed by atoms with E-state index in [-0.39, 0.29) is 5.56 Å². The normalized spacial score (nSPS) is 10.3. The number of H-pyrrole nitrogens is 1. The van der Waals surface area contributed by atoms with E-state index in [0.29, 0.717) is 13.1 Å². The molecule has 0 aromatic carbocycles. The van der Waals surface area contributed by atoms with E-state index in [9.17, 15) is 4.79 Å². The van der Waals surface area contributed by atoms with Crippen molar-refractivity contribution in [3.8, 4) is 0 Å². The van der Waals surface area contributed by atoms with Crippen LogP contribution in [0.3, 0.4) is 0 Å². The smallest absolute Gasteiger partial charge is 0.250 e. The third kappa shape index (κ3) is 3.78. The van der Waals surface area contributed by atoms with Gasteiger partial charge in [-0.25, -0.2) is 0 Å². The standard InChI is InChI=1S/C14H15N3O2S.C2H6/c15-4-3-10-6-12-14(20-10)11(7-13(18)17-12)16-8-9-2-1-5-19-9;1-2/h1-2,5-7H,3-4,8,15H2,(H2,16,17,18);1-2H3. The van der Waals surface area contributed by atoms with Gasteiger partial charge in [-0.2, -0.15) is 0 Å². The minimum atomic E-state index is -0.114. The molecular formula is C16H21N3O2S. The molecule has 0 atom stereocenters. The van der Waals surface area contributed by atoms with Crippen LogP contribution in [0.5, 0.6) is 0 Å². The van der Waals surface area contributed by atoms with Crippen LogP contribution in [-0.2, 0) is 13.0 Å². The first-order valence-electron chi connectivity index (χ1n) is 7.38. The lowest BCUT2D eigenvalue weighted by molar-refractivity contribution is 0.518. The third-order valence-electron chi connectivity index (χ3n) is 2.98. The number of hydrogen-bond acceptors (Lipinski definition) is 5. The van der Waals surface area contributed by atoms with Crippen LogP contribution in [0.1, 0.15) is 24.5 Å². The minimum Gasteiger partial charge on any atom is -0.467 e. The first-order valence-corrected chi connectivity index (χ1v) is 8.20. The lowest BCUT2D eigenvalue weighted by Gasteiger charge is -2.05. The highest BCUT2D eigenvalue weighted by molar-refractivity contribution is 7.19. The molecule has 6 heteroatoms. The number of nitrogens with one attached hydrogen (secondary N) is 2. The van der Waals surface area contributed by atoms with Crippen molar-refractivity contribution in [3.05, 3.63) is 51.5 Å². The predicted molar refractivity (Wildman–Crippen MR) is 92.6 cm³/mol. The summed E-state index contributed by atoms with van der Waals surface area (Å²) >= 11 is 1.65. The number of anilines is 1. The third-order valence-corrected chi connectivity index (χ3v) is 4.21. The molecule has 118 valence electrons. The second-order valence-electron chi connectivity index (χ2n) is 4.47. The molecule has 0 aliphatic rings. The summed E-state index contributed by atoms with van der Waals surface area (Å²) in [4.78, 5) is 15.7. The monoisotopic (exact) mass is 319 g/mol. The van der Waals surface area contributed by atoms with E-state index in [2.05, 4.69) is 10.3 Å². The number of aromatic amines is 1. The maximum absolute atomic E-state index is 11.7. The highest BCUT2D eigenvalue weighted by Gasteiger charge is 2.08. The van der Waals surface area contributed by atoms with Gasteiger partial charge in [-0.15, -0.1) is 11.3 Å². The average Bonchev–Trinajstić information content (AvgIpc) is 3.16. The molecule has 0 radical (unpaired) electrons. The quantitative estimate of drug-likeness (QED) is 0.673. The largest absolute Gasteiger partial charge is 0.467 e. The molecule has 0 fully saturated rings. The van der Waals surface area contributed by atoms with Crippen molar-refractivity contribution in [2.24, 2.45) is 5.73 Å². The molecule has 0 saturated heterocycles. The Morgan fingerprint density at radius 2 is 2.18 bits per heavy atom. The van der Waals surface area contributed by atoms with E-state index in [1.165, 1.54) is 4.88 Å². The number of fused-ring (bicyclic) bond motifs is 1. The molecule has 3 heterocycles. The Morgan fingerprint density at radius 1 is 1.36 bits per heavy atom. The highest BCUT2D eigenvalue weighted by atomic mass is 32.1. The minimum absolute atomic E-state index is 0.114. The Kier molecular flexibility index (Phi) is 5.80. The van der Waals surface area contributed by atoms with E-state index in [4.69, 9.17) is 10.2 Å². The summed E-state index contributed by atoms with van der Waals surface area (Å²) < 4.78 is 6.32. The molecule has 4 N–H and O–H groups in total. The number of rotatable bonds is 5. The number of nitrogens with two attached hydrogens (primary N) is 1. The average molecular weight is 319 g/mol. The summed E-state index contributed by atoms with van der Waals surface area (Å²) in [6, 6.07) is 7.31. The molecule has 3 rings (SSSR count). The number of hydrogen-bond donors (Lipinski definition) is 3. The van der Waals surface area contributed by atoms with Crippen LogP contribution in [0.25, 0.3) is 10.2 Å². The van der Waals surface area contributed by atoms with Gasteiger partial charge in [-0.05, 0) is 31.2 Å². The first-order chi connectivity index (χ1) is 10.8. The summed E-state index contributed by atoms with van der Waals surface area (Å²) in [5.41, 5.74) is 7.15. The Labute approximate surface area is 133 Å². The maximum atomic E-state index is 11.7. The van der Waals surface area contributed by atoms with Crippen LogP contribution < -0.4 is 16.6 Å². The van der Waals surface area contributed by atoms with Gasteiger partial charge in [-0.3, -0.25) is 4.79 Å². The molecule has 0 aliphatic carbocycles. The van der Waals surface area contributed by atoms with Crippen molar-refractivity contribution in [2.75, 3.05) is 11.9 Å². The molecule has 0 aliphatic heterocycles.